The Bertz CT molecular complexity index is 858. The van der Waals surface area contributed by atoms with E-state index in [2.05, 4.69) is 10.00 Å². The Kier molecular flexibility index (Phi) is 6.31. The Balaban J connectivity index is 1.61. The van der Waals surface area contributed by atoms with Crippen LogP contribution in [0.25, 0.3) is 0 Å². The monoisotopic (exact) mass is 408 g/mol. The van der Waals surface area contributed by atoms with Crippen molar-refractivity contribution in [2.24, 2.45) is 7.05 Å². The number of carbonyl (C=O) groups is 2. The smallest absolute Gasteiger partial charge is 0.356 e. The van der Waals surface area contributed by atoms with Gasteiger partial charge in [0, 0.05) is 56.4 Å². The number of carbonyl (C=O) groups excluding carboxylic acids is 2. The number of nitrogens with zero attached hydrogens (tertiary/aromatic N) is 4. The van der Waals surface area contributed by atoms with E-state index in [0.717, 1.165) is 0 Å². The summed E-state index contributed by atoms with van der Waals surface area (Å²) in [4.78, 5) is 28.3. The molecule has 0 atom stereocenters. The number of esters is 1. The molecule has 0 unspecified atom stereocenters. The molecule has 1 aliphatic rings. The van der Waals surface area contributed by atoms with Crippen LogP contribution < -0.4 is 0 Å². The minimum Gasteiger partial charge on any atom is -0.461 e. The second-order valence-corrected chi connectivity index (χ2v) is 6.93. The summed E-state index contributed by atoms with van der Waals surface area (Å²) in [6, 6.07) is 6.09. The first-order chi connectivity index (χ1) is 13.4. The fourth-order valence-corrected chi connectivity index (χ4v) is 3.37. The zero-order valence-corrected chi connectivity index (χ0v) is 16.6. The van der Waals surface area contributed by atoms with Crippen LogP contribution in [-0.4, -0.2) is 64.2 Å². The summed E-state index contributed by atoms with van der Waals surface area (Å²) >= 11 is 6.09. The summed E-state index contributed by atoms with van der Waals surface area (Å²) < 4.78 is 20.3. The highest BCUT2D eigenvalue weighted by Crippen LogP contribution is 2.21. The Labute approximate surface area is 167 Å². The van der Waals surface area contributed by atoms with Gasteiger partial charge >= 0.3 is 5.97 Å². The fraction of sp³-hybridized carbons (Fsp3) is 0.421. The van der Waals surface area contributed by atoms with Crippen LogP contribution in [0.2, 0.25) is 5.02 Å². The van der Waals surface area contributed by atoms with Crippen LogP contribution in [-0.2, 0) is 18.3 Å². The van der Waals surface area contributed by atoms with E-state index in [1.165, 1.54) is 16.8 Å². The summed E-state index contributed by atoms with van der Waals surface area (Å²) in [5.74, 6) is -1.08. The molecule has 2 heterocycles. The molecule has 0 saturated carbocycles. The van der Waals surface area contributed by atoms with Gasteiger partial charge in [-0.1, -0.05) is 17.7 Å². The molecule has 0 aliphatic carbocycles. The summed E-state index contributed by atoms with van der Waals surface area (Å²) in [7, 11) is 1.60. The van der Waals surface area contributed by atoms with Crippen molar-refractivity contribution in [3.05, 3.63) is 52.1 Å². The normalized spacial score (nSPS) is 14.9. The molecule has 1 aromatic heterocycles. The Hall–Kier alpha value is -2.45. The number of aryl methyl sites for hydroxylation is 1. The van der Waals surface area contributed by atoms with Gasteiger partial charge < -0.3 is 9.64 Å². The highest BCUT2D eigenvalue weighted by Gasteiger charge is 2.26. The average Bonchev–Trinajstić information content (AvgIpc) is 3.07. The molecule has 2 aromatic rings. The number of hydrogen-bond acceptors (Lipinski definition) is 5. The lowest BCUT2D eigenvalue weighted by molar-refractivity contribution is 0.0513. The van der Waals surface area contributed by atoms with Crippen molar-refractivity contribution in [3.63, 3.8) is 0 Å². The maximum Gasteiger partial charge on any atom is 0.356 e. The van der Waals surface area contributed by atoms with Gasteiger partial charge in [-0.25, -0.2) is 9.18 Å². The number of rotatable bonds is 5. The number of halogens is 2. The summed E-state index contributed by atoms with van der Waals surface area (Å²) in [5, 5.41) is 4.54. The van der Waals surface area contributed by atoms with Crippen LogP contribution in [0.3, 0.4) is 0 Å². The molecule has 1 fully saturated rings. The Morgan fingerprint density at radius 1 is 1.25 bits per heavy atom. The number of benzene rings is 1. The van der Waals surface area contributed by atoms with Gasteiger partial charge in [-0.2, -0.15) is 5.10 Å². The lowest BCUT2D eigenvalue weighted by atomic mass is 10.1. The lowest BCUT2D eigenvalue weighted by Gasteiger charge is -2.34. The third-order valence-corrected chi connectivity index (χ3v) is 5.04. The van der Waals surface area contributed by atoms with Crippen molar-refractivity contribution in [1.29, 1.82) is 0 Å². The van der Waals surface area contributed by atoms with Gasteiger partial charge in [-0.15, -0.1) is 0 Å². The predicted octanol–water partition coefficient (Wildman–Crippen LogP) is 2.35. The van der Waals surface area contributed by atoms with Crippen LogP contribution in [0, 0.1) is 5.82 Å². The number of ether oxygens (including phenoxy) is 1. The topological polar surface area (TPSA) is 67.7 Å². The number of hydrogen-bond donors (Lipinski definition) is 0. The molecule has 0 radical (unpaired) electrons. The molecule has 28 heavy (non-hydrogen) atoms. The van der Waals surface area contributed by atoms with Crippen molar-refractivity contribution in [2.45, 2.75) is 13.5 Å². The van der Waals surface area contributed by atoms with Crippen molar-refractivity contribution in [2.75, 3.05) is 32.8 Å². The first-order valence-electron chi connectivity index (χ1n) is 9.06. The first kappa shape index (κ1) is 20.3. The Morgan fingerprint density at radius 3 is 2.61 bits per heavy atom. The van der Waals surface area contributed by atoms with E-state index >= 15 is 0 Å². The molecule has 1 saturated heterocycles. The summed E-state index contributed by atoms with van der Waals surface area (Å²) in [5.41, 5.74) is 0.905. The largest absolute Gasteiger partial charge is 0.461 e. The van der Waals surface area contributed by atoms with Crippen LogP contribution in [0.1, 0.15) is 33.5 Å². The average molecular weight is 409 g/mol. The number of amides is 1. The van der Waals surface area contributed by atoms with Gasteiger partial charge in [0.05, 0.1) is 6.61 Å². The van der Waals surface area contributed by atoms with Gasteiger partial charge in [-0.3, -0.25) is 14.4 Å². The van der Waals surface area contributed by atoms with Gasteiger partial charge in [0.15, 0.2) is 5.69 Å². The molecule has 150 valence electrons. The molecule has 1 aliphatic heterocycles. The summed E-state index contributed by atoms with van der Waals surface area (Å²) in [6.07, 6.45) is 0. The van der Waals surface area contributed by atoms with Gasteiger partial charge in [0.2, 0.25) is 0 Å². The second kappa shape index (κ2) is 8.70. The molecule has 0 N–H and O–H groups in total. The van der Waals surface area contributed by atoms with Crippen LogP contribution in [0.5, 0.6) is 0 Å². The number of piperazine rings is 1. The SMILES string of the molecule is CCOC(=O)c1cc(C(=O)N2CCN(Cc3c(F)cccc3Cl)CC2)nn1C. The quantitative estimate of drug-likeness (QED) is 0.710. The maximum absolute atomic E-state index is 14.0. The molecular formula is C19H22ClFN4O3. The third-order valence-electron chi connectivity index (χ3n) is 4.69. The van der Waals surface area contributed by atoms with E-state index in [1.54, 1.807) is 31.0 Å². The van der Waals surface area contributed by atoms with E-state index in [0.29, 0.717) is 43.3 Å². The van der Waals surface area contributed by atoms with E-state index in [9.17, 15) is 14.0 Å². The van der Waals surface area contributed by atoms with Crippen molar-refractivity contribution in [1.82, 2.24) is 19.6 Å². The van der Waals surface area contributed by atoms with E-state index in [-0.39, 0.29) is 29.7 Å². The highest BCUT2D eigenvalue weighted by atomic mass is 35.5. The number of aromatic nitrogens is 2. The van der Waals surface area contributed by atoms with Crippen LogP contribution in [0.4, 0.5) is 4.39 Å². The second-order valence-electron chi connectivity index (χ2n) is 6.53. The van der Waals surface area contributed by atoms with Gasteiger partial charge in [0.1, 0.15) is 11.5 Å². The zero-order chi connectivity index (χ0) is 20.3. The first-order valence-corrected chi connectivity index (χ1v) is 9.44. The zero-order valence-electron chi connectivity index (χ0n) is 15.8. The van der Waals surface area contributed by atoms with Crippen molar-refractivity contribution >= 4 is 23.5 Å². The minimum atomic E-state index is -0.511. The van der Waals surface area contributed by atoms with E-state index < -0.39 is 5.97 Å². The molecule has 9 heteroatoms. The van der Waals surface area contributed by atoms with Gasteiger partial charge in [-0.05, 0) is 19.1 Å². The van der Waals surface area contributed by atoms with Crippen molar-refractivity contribution in [3.8, 4) is 0 Å². The van der Waals surface area contributed by atoms with Crippen molar-refractivity contribution < 1.29 is 18.7 Å². The standard InChI is InChI=1S/C19H22ClFN4O3/c1-3-28-19(27)17-11-16(22-23(17)2)18(26)25-9-7-24(8-10-25)12-13-14(20)5-4-6-15(13)21/h4-6,11H,3,7-10,12H2,1-2H3. The molecular weight excluding hydrogens is 387 g/mol. The minimum absolute atomic E-state index is 0.205. The highest BCUT2D eigenvalue weighted by molar-refractivity contribution is 6.31. The van der Waals surface area contributed by atoms with Crippen LogP contribution in [0.15, 0.2) is 24.3 Å². The summed E-state index contributed by atoms with van der Waals surface area (Å²) in [6.45, 7) is 4.51. The third kappa shape index (κ3) is 4.34. The molecule has 1 amide bonds. The predicted molar refractivity (Wildman–Crippen MR) is 102 cm³/mol. The fourth-order valence-electron chi connectivity index (χ4n) is 3.15. The van der Waals surface area contributed by atoms with Crippen LogP contribution >= 0.6 is 11.6 Å². The lowest BCUT2D eigenvalue weighted by Crippen LogP contribution is -2.48. The molecule has 0 spiro atoms. The Morgan fingerprint density at radius 2 is 1.96 bits per heavy atom. The molecule has 3 rings (SSSR count). The van der Waals surface area contributed by atoms with E-state index in [4.69, 9.17) is 16.3 Å². The maximum atomic E-state index is 14.0. The molecule has 1 aromatic carbocycles. The van der Waals surface area contributed by atoms with E-state index in [1.807, 2.05) is 0 Å². The molecule has 7 nitrogen and oxygen atoms in total. The molecule has 0 bridgehead atoms. The van der Waals surface area contributed by atoms with Gasteiger partial charge in [0.25, 0.3) is 5.91 Å².